The number of aryl methyl sites for hydroxylation is 1. The van der Waals surface area contributed by atoms with E-state index in [0.29, 0.717) is 5.56 Å². The molecule has 0 spiro atoms. The van der Waals surface area contributed by atoms with E-state index < -0.39 is 0 Å². The van der Waals surface area contributed by atoms with E-state index in [-0.39, 0.29) is 6.79 Å². The molecule has 0 amide bonds. The molecule has 0 fully saturated rings. The van der Waals surface area contributed by atoms with Crippen LogP contribution in [-0.4, -0.2) is 20.2 Å². The fraction of sp³-hybridized carbons (Fsp3) is 0.188. The van der Waals surface area contributed by atoms with Gasteiger partial charge in [0.05, 0.1) is 0 Å². The van der Waals surface area contributed by atoms with Crippen LogP contribution in [0, 0.1) is 6.92 Å². The zero-order chi connectivity index (χ0) is 13.7. The van der Waals surface area contributed by atoms with Gasteiger partial charge in [-0.15, -0.1) is 0 Å². The van der Waals surface area contributed by atoms with Crippen molar-refractivity contribution < 1.29 is 14.3 Å². The fourth-order valence-corrected chi connectivity index (χ4v) is 1.89. The van der Waals surface area contributed by atoms with Crippen molar-refractivity contribution in [3.8, 4) is 16.9 Å². The van der Waals surface area contributed by atoms with E-state index in [2.05, 4.69) is 0 Å². The number of benzene rings is 2. The van der Waals surface area contributed by atoms with Crippen molar-refractivity contribution in [2.75, 3.05) is 13.9 Å². The lowest BCUT2D eigenvalue weighted by Crippen LogP contribution is -2.00. The van der Waals surface area contributed by atoms with Gasteiger partial charge < -0.3 is 9.47 Å². The molecule has 2 rings (SSSR count). The lowest BCUT2D eigenvalue weighted by atomic mass is 10.0. The first kappa shape index (κ1) is 13.3. The zero-order valence-corrected chi connectivity index (χ0v) is 11.1. The minimum atomic E-state index is 0.198. The highest BCUT2D eigenvalue weighted by Crippen LogP contribution is 2.31. The van der Waals surface area contributed by atoms with Gasteiger partial charge in [0.15, 0.2) is 6.79 Å². The molecule has 19 heavy (non-hydrogen) atoms. The number of carbonyl (C=O) groups excluding carboxylic acids is 1. The quantitative estimate of drug-likeness (QED) is 0.607. The van der Waals surface area contributed by atoms with E-state index in [9.17, 15) is 4.79 Å². The molecule has 0 saturated carbocycles. The Kier molecular flexibility index (Phi) is 4.31. The van der Waals surface area contributed by atoms with Crippen molar-refractivity contribution in [1.82, 2.24) is 0 Å². The Hall–Kier alpha value is -2.13. The van der Waals surface area contributed by atoms with Crippen LogP contribution < -0.4 is 4.74 Å². The highest BCUT2D eigenvalue weighted by Gasteiger charge is 2.07. The topological polar surface area (TPSA) is 35.5 Å². The van der Waals surface area contributed by atoms with Crippen LogP contribution in [0.4, 0.5) is 0 Å². The number of rotatable bonds is 5. The molecule has 3 nitrogen and oxygen atoms in total. The molecule has 2 aromatic carbocycles. The van der Waals surface area contributed by atoms with Crippen molar-refractivity contribution in [1.29, 1.82) is 0 Å². The summed E-state index contributed by atoms with van der Waals surface area (Å²) >= 11 is 0. The highest BCUT2D eigenvalue weighted by molar-refractivity contribution is 5.80. The summed E-state index contributed by atoms with van der Waals surface area (Å²) in [6, 6.07) is 13.4. The van der Waals surface area contributed by atoms with Crippen LogP contribution in [-0.2, 0) is 4.74 Å². The molecule has 0 N–H and O–H groups in total. The van der Waals surface area contributed by atoms with Gasteiger partial charge in [-0.25, -0.2) is 0 Å². The second-order valence-corrected chi connectivity index (χ2v) is 4.29. The van der Waals surface area contributed by atoms with Crippen LogP contribution in [0.1, 0.15) is 15.9 Å². The Bertz CT molecular complexity index is 576. The van der Waals surface area contributed by atoms with Crippen molar-refractivity contribution in [3.63, 3.8) is 0 Å². The maximum absolute atomic E-state index is 10.8. The average Bonchev–Trinajstić information content (AvgIpc) is 2.45. The third-order valence-corrected chi connectivity index (χ3v) is 2.80. The second kappa shape index (κ2) is 6.16. The van der Waals surface area contributed by atoms with E-state index in [4.69, 9.17) is 9.47 Å². The molecular weight excluding hydrogens is 240 g/mol. The Balaban J connectivity index is 2.44. The predicted molar refractivity (Wildman–Crippen MR) is 74.5 cm³/mol. The van der Waals surface area contributed by atoms with Crippen LogP contribution in [0.3, 0.4) is 0 Å². The Morgan fingerprint density at radius 2 is 2.00 bits per heavy atom. The molecule has 2 aromatic rings. The Morgan fingerprint density at radius 3 is 2.74 bits per heavy atom. The number of ether oxygens (including phenoxy) is 2. The van der Waals surface area contributed by atoms with Crippen LogP contribution in [0.25, 0.3) is 11.1 Å². The van der Waals surface area contributed by atoms with Crippen LogP contribution in [0.15, 0.2) is 42.5 Å². The van der Waals surface area contributed by atoms with Gasteiger partial charge in [0.25, 0.3) is 0 Å². The molecule has 0 aliphatic rings. The number of aldehydes is 1. The van der Waals surface area contributed by atoms with Gasteiger partial charge in [-0.1, -0.05) is 30.3 Å². The molecule has 0 heterocycles. The summed E-state index contributed by atoms with van der Waals surface area (Å²) in [5.41, 5.74) is 3.67. The van der Waals surface area contributed by atoms with Crippen LogP contribution in [0.5, 0.6) is 5.75 Å². The molecule has 0 saturated heterocycles. The molecule has 3 heteroatoms. The molecule has 98 valence electrons. The van der Waals surface area contributed by atoms with Crippen LogP contribution in [0.2, 0.25) is 0 Å². The minimum Gasteiger partial charge on any atom is -0.467 e. The standard InChI is InChI=1S/C16H16O3/c1-12-6-7-15(16(8-12)19-11-18-2)14-5-3-4-13(9-14)10-17/h3-10H,11H2,1-2H3. The van der Waals surface area contributed by atoms with Crippen molar-refractivity contribution in [2.24, 2.45) is 0 Å². The maximum Gasteiger partial charge on any atom is 0.188 e. The largest absolute Gasteiger partial charge is 0.467 e. The summed E-state index contributed by atoms with van der Waals surface area (Å²) in [4.78, 5) is 10.8. The SMILES string of the molecule is COCOc1cc(C)ccc1-c1cccc(C=O)c1. The van der Waals surface area contributed by atoms with E-state index in [0.717, 1.165) is 28.7 Å². The minimum absolute atomic E-state index is 0.198. The smallest absolute Gasteiger partial charge is 0.188 e. The first-order valence-electron chi connectivity index (χ1n) is 6.02. The number of hydrogen-bond acceptors (Lipinski definition) is 3. The molecular formula is C16H16O3. The highest BCUT2D eigenvalue weighted by atomic mass is 16.7. The van der Waals surface area contributed by atoms with Crippen molar-refractivity contribution in [3.05, 3.63) is 53.6 Å². The summed E-state index contributed by atoms with van der Waals surface area (Å²) < 4.78 is 10.5. The molecule has 0 aliphatic heterocycles. The third kappa shape index (κ3) is 3.20. The average molecular weight is 256 g/mol. The lowest BCUT2D eigenvalue weighted by molar-refractivity contribution is 0.0515. The number of carbonyl (C=O) groups is 1. The van der Waals surface area contributed by atoms with E-state index in [1.165, 1.54) is 0 Å². The first-order valence-corrected chi connectivity index (χ1v) is 6.02. The monoisotopic (exact) mass is 256 g/mol. The van der Waals surface area contributed by atoms with E-state index in [1.54, 1.807) is 13.2 Å². The van der Waals surface area contributed by atoms with Gasteiger partial charge in [-0.05, 0) is 30.2 Å². The van der Waals surface area contributed by atoms with Crippen LogP contribution >= 0.6 is 0 Å². The van der Waals surface area contributed by atoms with Gasteiger partial charge in [-0.2, -0.15) is 0 Å². The number of methoxy groups -OCH3 is 1. The van der Waals surface area contributed by atoms with Crippen molar-refractivity contribution in [2.45, 2.75) is 6.92 Å². The molecule has 0 aromatic heterocycles. The number of hydrogen-bond donors (Lipinski definition) is 0. The summed E-state index contributed by atoms with van der Waals surface area (Å²) in [6.07, 6.45) is 0.841. The first-order chi connectivity index (χ1) is 9.24. The van der Waals surface area contributed by atoms with E-state index in [1.807, 2.05) is 43.3 Å². The molecule has 0 aliphatic carbocycles. The van der Waals surface area contributed by atoms with Gasteiger partial charge in [0, 0.05) is 18.2 Å². The Morgan fingerprint density at radius 1 is 1.16 bits per heavy atom. The van der Waals surface area contributed by atoms with Gasteiger partial charge in [-0.3, -0.25) is 4.79 Å². The molecule has 0 unspecified atom stereocenters. The molecule has 0 bridgehead atoms. The van der Waals surface area contributed by atoms with Gasteiger partial charge >= 0.3 is 0 Å². The molecule has 0 atom stereocenters. The van der Waals surface area contributed by atoms with Gasteiger partial charge in [0.1, 0.15) is 12.0 Å². The lowest BCUT2D eigenvalue weighted by Gasteiger charge is -2.12. The summed E-state index contributed by atoms with van der Waals surface area (Å²) in [5, 5.41) is 0. The van der Waals surface area contributed by atoms with Crippen molar-refractivity contribution >= 4 is 6.29 Å². The maximum atomic E-state index is 10.8. The summed E-state index contributed by atoms with van der Waals surface area (Å²) in [6.45, 7) is 2.20. The Labute approximate surface area is 112 Å². The summed E-state index contributed by atoms with van der Waals surface area (Å²) in [5.74, 6) is 0.755. The summed E-state index contributed by atoms with van der Waals surface area (Å²) in [7, 11) is 1.59. The predicted octanol–water partition coefficient (Wildman–Crippen LogP) is 3.46. The molecule has 0 radical (unpaired) electrons. The normalized spacial score (nSPS) is 10.2. The third-order valence-electron chi connectivity index (χ3n) is 2.80. The zero-order valence-electron chi connectivity index (χ0n) is 11.1. The van der Waals surface area contributed by atoms with Gasteiger partial charge in [0.2, 0.25) is 0 Å². The second-order valence-electron chi connectivity index (χ2n) is 4.29. The fourth-order valence-electron chi connectivity index (χ4n) is 1.89. The van der Waals surface area contributed by atoms with E-state index >= 15 is 0 Å².